The molecule has 16 atom stereocenters. The lowest BCUT2D eigenvalue weighted by molar-refractivity contribution is -0.164. The summed E-state index contributed by atoms with van der Waals surface area (Å²) in [6, 6.07) is 4.01. The van der Waals surface area contributed by atoms with Crippen LogP contribution in [-0.4, -0.2) is 85.7 Å². The lowest BCUT2D eigenvalue weighted by Crippen LogP contribution is -2.56. The van der Waals surface area contributed by atoms with Gasteiger partial charge in [0, 0.05) is 38.4 Å². The lowest BCUT2D eigenvalue weighted by atomic mass is 9.44. The molecule has 12 nitrogen and oxygen atoms in total. The predicted molar refractivity (Wildman–Crippen MR) is 272 cm³/mol. The Balaban J connectivity index is 0.000000196. The number of hydrogen-bond donors (Lipinski definition) is 3. The lowest BCUT2D eigenvalue weighted by Gasteiger charge is -2.62. The van der Waals surface area contributed by atoms with Gasteiger partial charge in [-0.15, -0.1) is 0 Å². The van der Waals surface area contributed by atoms with E-state index < -0.39 is 11.2 Å². The number of nitriles is 2. The van der Waals surface area contributed by atoms with E-state index in [1.807, 2.05) is 6.07 Å². The van der Waals surface area contributed by atoms with Crippen molar-refractivity contribution >= 4 is 27.5 Å². The Morgan fingerprint density at radius 1 is 0.681 bits per heavy atom. The Kier molecular flexibility index (Phi) is 17.4. The quantitative estimate of drug-likeness (QED) is 0.204. The molecular weight excluding hydrogens is 933 g/mol. The first-order chi connectivity index (χ1) is 31.9. The van der Waals surface area contributed by atoms with Gasteiger partial charge < -0.3 is 19.7 Å². The Hall–Kier alpha value is -2.94. The molecule has 0 radical (unpaired) electrons. The minimum atomic E-state index is -0.655. The first kappa shape index (κ1) is 55.4. The van der Waals surface area contributed by atoms with Crippen LogP contribution in [0.3, 0.4) is 0 Å². The van der Waals surface area contributed by atoms with E-state index >= 15 is 0 Å². The van der Waals surface area contributed by atoms with Crippen LogP contribution in [0, 0.1) is 104 Å². The number of aliphatic hydroxyl groups is 2. The number of ether oxygens (including phenoxy) is 2. The van der Waals surface area contributed by atoms with Crippen molar-refractivity contribution in [3.05, 3.63) is 35.9 Å². The van der Waals surface area contributed by atoms with Gasteiger partial charge in [-0.1, -0.05) is 58.5 Å². The molecule has 0 bridgehead atoms. The summed E-state index contributed by atoms with van der Waals surface area (Å²) in [4.78, 5) is 25.9. The molecule has 0 aliphatic heterocycles. The van der Waals surface area contributed by atoms with Crippen molar-refractivity contribution in [2.45, 2.75) is 176 Å². The number of ketones is 2. The molecule has 69 heavy (non-hydrogen) atoms. The smallest absolute Gasteiger partial charge is 0.157 e. The van der Waals surface area contributed by atoms with Crippen LogP contribution in [0.25, 0.3) is 0 Å². The molecule has 3 N–H and O–H groups in total. The molecule has 0 spiro atoms. The molecule has 2 aromatic rings. The molecule has 2 aromatic heterocycles. The molecule has 2 heterocycles. The van der Waals surface area contributed by atoms with E-state index in [-0.39, 0.29) is 49.8 Å². The fourth-order valence-electron chi connectivity index (χ4n) is 17.7. The Bertz CT molecular complexity index is 2150. The molecule has 384 valence electrons. The monoisotopic (exact) mass is 1020 g/mol. The Morgan fingerprint density at radius 2 is 1.16 bits per heavy atom. The average molecular weight is 1020 g/mol. The van der Waals surface area contributed by atoms with Gasteiger partial charge in [0.2, 0.25) is 0 Å². The fraction of sp³-hybridized carbons (Fsp3) is 0.821. The number of nitrogens with zero attached hydrogens (tertiary/aromatic N) is 5. The van der Waals surface area contributed by atoms with Gasteiger partial charge in [-0.3, -0.25) is 19.4 Å². The first-order valence-corrected chi connectivity index (χ1v) is 26.9. The molecule has 0 unspecified atom stereocenters. The topological polar surface area (TPSA) is 187 Å². The number of aromatic amines is 1. The number of H-pyrrole nitrogens is 1. The van der Waals surface area contributed by atoms with Gasteiger partial charge >= 0.3 is 0 Å². The van der Waals surface area contributed by atoms with Crippen LogP contribution < -0.4 is 0 Å². The second-order valence-corrected chi connectivity index (χ2v) is 24.6. The summed E-state index contributed by atoms with van der Waals surface area (Å²) in [7, 11) is 3.40. The van der Waals surface area contributed by atoms with Crippen LogP contribution in [0.15, 0.2) is 24.8 Å². The van der Waals surface area contributed by atoms with Gasteiger partial charge in [-0.25, -0.2) is 0 Å². The van der Waals surface area contributed by atoms with Gasteiger partial charge in [0.1, 0.15) is 17.9 Å². The van der Waals surface area contributed by atoms with Crippen LogP contribution in [0.1, 0.15) is 169 Å². The maximum absolute atomic E-state index is 13.4. The number of rotatable bonds is 9. The number of carbonyl (C=O) groups excluding carboxylic acids is 2. The van der Waals surface area contributed by atoms with E-state index in [0.29, 0.717) is 75.9 Å². The summed E-state index contributed by atoms with van der Waals surface area (Å²) in [5, 5.41) is 50.0. The minimum absolute atomic E-state index is 0. The summed E-state index contributed by atoms with van der Waals surface area (Å²) >= 11 is 3.43. The molecule has 0 amide bonds. The zero-order valence-electron chi connectivity index (χ0n) is 41.3. The second-order valence-electron chi connectivity index (χ2n) is 24.1. The number of nitrogens with one attached hydrogen (secondary N) is 1. The number of hydrogen-bond acceptors (Lipinski definition) is 10. The maximum atomic E-state index is 13.4. The van der Waals surface area contributed by atoms with Crippen molar-refractivity contribution < 1.29 is 29.3 Å². The number of methoxy groups -OCH3 is 2. The van der Waals surface area contributed by atoms with Crippen molar-refractivity contribution in [1.29, 1.82) is 10.5 Å². The third kappa shape index (κ3) is 10.2. The molecule has 8 aliphatic rings. The molecular formula is C56H87BrN6O6. The summed E-state index contributed by atoms with van der Waals surface area (Å²) in [6.07, 6.45) is 26.2. The van der Waals surface area contributed by atoms with Gasteiger partial charge in [0.25, 0.3) is 0 Å². The van der Waals surface area contributed by atoms with Crippen LogP contribution in [0.4, 0.5) is 0 Å². The first-order valence-electron chi connectivity index (χ1n) is 25.8. The van der Waals surface area contributed by atoms with E-state index in [9.17, 15) is 19.8 Å². The van der Waals surface area contributed by atoms with E-state index in [2.05, 4.69) is 65.0 Å². The Labute approximate surface area is 423 Å². The van der Waals surface area contributed by atoms with E-state index in [4.69, 9.17) is 20.0 Å². The number of aromatic nitrogens is 4. The highest BCUT2D eigenvalue weighted by molar-refractivity contribution is 9.09. The van der Waals surface area contributed by atoms with Gasteiger partial charge in [0.05, 0.1) is 59.8 Å². The molecule has 8 aliphatic carbocycles. The number of fused-ring (bicyclic) bond motifs is 10. The molecule has 0 aromatic carbocycles. The van der Waals surface area contributed by atoms with Crippen LogP contribution in [0.2, 0.25) is 0 Å². The Morgan fingerprint density at radius 3 is 1.57 bits per heavy atom. The van der Waals surface area contributed by atoms with Crippen LogP contribution in [-0.2, 0) is 25.6 Å². The highest BCUT2D eigenvalue weighted by atomic mass is 79.9. The molecule has 0 saturated heterocycles. The molecule has 8 fully saturated rings. The maximum Gasteiger partial charge on any atom is 0.157 e. The predicted octanol–water partition coefficient (Wildman–Crippen LogP) is 10.9. The van der Waals surface area contributed by atoms with Gasteiger partial charge in [0.15, 0.2) is 5.78 Å². The third-order valence-corrected chi connectivity index (χ3v) is 21.6. The standard InChI is InChI=1S/C27H39N3O3.C23H37BrO3.C4H3N3.2CH4/c1-25-10-11-27(32,17-33-3)12-19(25)4-5-20-21-6-7-23(26(21,2)9-8-22(20)25)24(31)16-30-15-18(13-28)14-29-30;1-21-10-11-23(26,14-27-3)12-15(21)4-5-16-17-6-7-19(20(25)13-24)22(17,2)9-8-18(16)21;5-1-4-2-6-7-3-4;;/h14-15,19-23,32H,4-12,16-17H2,1-3H3;15-19,26H,4-14H2,1-3H3;2-3H,(H,6,7);2*1H4/t19-,20-,21-,22-,23+,25-,26-,27+;15-,16-,17-,18-,19+,21-,22-,23+;;;/m00.../s1. The number of halogens is 1. The normalized spacial score (nSPS) is 42.4. The van der Waals surface area contributed by atoms with E-state index in [1.54, 1.807) is 31.3 Å². The zero-order chi connectivity index (χ0) is 48.0. The van der Waals surface area contributed by atoms with Crippen molar-refractivity contribution in [2.24, 2.45) is 80.8 Å². The SMILES string of the molecule is C.C.COC[C@@]1(O)CC[C@@]2(C)[C@@H](CC[C@@H]3[C@@H]2CC[C@]2(C)[C@@H](C(=O)CBr)CC[C@@H]32)C1.COC[C@@]1(O)CC[C@@]2(C)[C@@H](CC[C@@H]3[C@@H]2CC[C@]2(C)[C@@H](C(=O)Cn4cc(C#N)cn4)CC[C@@H]32)C1.N#Cc1cn[nH]c1. The summed E-state index contributed by atoms with van der Waals surface area (Å²) in [5.74, 6) is 6.60. The average Bonchev–Trinajstić information content (AvgIpc) is 4.13. The highest BCUT2D eigenvalue weighted by Gasteiger charge is 2.64. The zero-order valence-corrected chi connectivity index (χ0v) is 42.9. The minimum Gasteiger partial charge on any atom is -0.387 e. The number of Topliss-reactive ketones (excluding diaryl/α,β-unsaturated/α-hetero) is 2. The summed E-state index contributed by atoms with van der Waals surface area (Å²) < 4.78 is 12.3. The molecule has 10 rings (SSSR count). The number of alkyl halides is 1. The van der Waals surface area contributed by atoms with Crippen LogP contribution in [0.5, 0.6) is 0 Å². The largest absolute Gasteiger partial charge is 0.387 e. The van der Waals surface area contributed by atoms with Gasteiger partial charge in [-0.05, 0) is 185 Å². The van der Waals surface area contributed by atoms with Gasteiger partial charge in [-0.2, -0.15) is 20.7 Å². The van der Waals surface area contributed by atoms with E-state index in [0.717, 1.165) is 82.0 Å². The van der Waals surface area contributed by atoms with Crippen molar-refractivity contribution in [3.8, 4) is 12.1 Å². The highest BCUT2D eigenvalue weighted by Crippen LogP contribution is 2.70. The molecule has 8 saturated carbocycles. The number of carbonyl (C=O) groups is 2. The van der Waals surface area contributed by atoms with Crippen molar-refractivity contribution in [1.82, 2.24) is 20.0 Å². The summed E-state index contributed by atoms with van der Waals surface area (Å²) in [5.41, 5.74) is 0.775. The van der Waals surface area contributed by atoms with Crippen molar-refractivity contribution in [2.75, 3.05) is 32.8 Å². The van der Waals surface area contributed by atoms with E-state index in [1.165, 1.54) is 63.8 Å². The summed E-state index contributed by atoms with van der Waals surface area (Å²) in [6.45, 7) is 11.1. The van der Waals surface area contributed by atoms with Crippen molar-refractivity contribution in [3.63, 3.8) is 0 Å². The molecule has 13 heteroatoms. The second kappa shape index (κ2) is 21.6. The fourth-order valence-corrected chi connectivity index (χ4v) is 18.1. The third-order valence-electron chi connectivity index (χ3n) is 21.1. The van der Waals surface area contributed by atoms with Crippen LogP contribution >= 0.6 is 15.9 Å².